The van der Waals surface area contributed by atoms with Gasteiger partial charge in [0.2, 0.25) is 0 Å². The van der Waals surface area contributed by atoms with E-state index in [1.165, 1.54) is 11.5 Å². The first-order chi connectivity index (χ1) is 5.88. The van der Waals surface area contributed by atoms with Crippen LogP contribution in [-0.2, 0) is 6.42 Å². The van der Waals surface area contributed by atoms with Crippen molar-refractivity contribution in [3.05, 3.63) is 23.8 Å². The SMILES string of the molecule is CC.Cc1cnc2n1C=CCC2. The summed E-state index contributed by atoms with van der Waals surface area (Å²) in [5, 5.41) is 0. The van der Waals surface area contributed by atoms with Gasteiger partial charge in [0.05, 0.1) is 0 Å². The van der Waals surface area contributed by atoms with E-state index in [2.05, 4.69) is 28.8 Å². The fourth-order valence-corrected chi connectivity index (χ4v) is 1.28. The van der Waals surface area contributed by atoms with E-state index in [4.69, 9.17) is 0 Å². The van der Waals surface area contributed by atoms with Crippen LogP contribution in [0.1, 0.15) is 31.8 Å². The summed E-state index contributed by atoms with van der Waals surface area (Å²) in [7, 11) is 0. The van der Waals surface area contributed by atoms with Gasteiger partial charge in [0.25, 0.3) is 0 Å². The highest BCUT2D eigenvalue weighted by Crippen LogP contribution is 2.12. The zero-order valence-corrected chi connectivity index (χ0v) is 8.04. The Labute approximate surface area is 73.9 Å². The second-order valence-corrected chi connectivity index (χ2v) is 2.61. The fourth-order valence-electron chi connectivity index (χ4n) is 1.28. The number of aromatic nitrogens is 2. The topological polar surface area (TPSA) is 17.8 Å². The van der Waals surface area contributed by atoms with Crippen molar-refractivity contribution >= 4 is 6.20 Å². The van der Waals surface area contributed by atoms with Crippen molar-refractivity contribution in [2.45, 2.75) is 33.6 Å². The lowest BCUT2D eigenvalue weighted by atomic mass is 10.2. The standard InChI is InChI=1S/C8H10N2.C2H6/c1-7-6-9-8-4-2-3-5-10(7)8;1-2/h3,5-6H,2,4H2,1H3;1-2H3. The van der Waals surface area contributed by atoms with E-state index >= 15 is 0 Å². The number of fused-ring (bicyclic) bond motifs is 1. The zero-order valence-electron chi connectivity index (χ0n) is 8.04. The highest BCUT2D eigenvalue weighted by atomic mass is 15.1. The Hall–Kier alpha value is -1.05. The van der Waals surface area contributed by atoms with Gasteiger partial charge in [-0.3, -0.25) is 0 Å². The predicted octanol–water partition coefficient (Wildman–Crippen LogP) is 2.63. The van der Waals surface area contributed by atoms with E-state index in [1.807, 2.05) is 20.0 Å². The van der Waals surface area contributed by atoms with Gasteiger partial charge in [0.1, 0.15) is 5.82 Å². The minimum absolute atomic E-state index is 1.09. The monoisotopic (exact) mass is 164 g/mol. The molecule has 0 atom stereocenters. The number of hydrogen-bond acceptors (Lipinski definition) is 1. The number of hydrogen-bond donors (Lipinski definition) is 0. The molecule has 0 bridgehead atoms. The van der Waals surface area contributed by atoms with Crippen LogP contribution in [0.3, 0.4) is 0 Å². The minimum atomic E-state index is 1.09. The van der Waals surface area contributed by atoms with E-state index in [9.17, 15) is 0 Å². The molecule has 0 aliphatic carbocycles. The number of nitrogens with zero attached hydrogens (tertiary/aromatic N) is 2. The van der Waals surface area contributed by atoms with Crippen molar-refractivity contribution in [2.75, 3.05) is 0 Å². The molecule has 1 aromatic rings. The normalized spacial score (nSPS) is 13.2. The lowest BCUT2D eigenvalue weighted by Crippen LogP contribution is -2.01. The second-order valence-electron chi connectivity index (χ2n) is 2.61. The fraction of sp³-hybridized carbons (Fsp3) is 0.500. The molecule has 12 heavy (non-hydrogen) atoms. The van der Waals surface area contributed by atoms with Crippen molar-refractivity contribution < 1.29 is 0 Å². The molecule has 0 unspecified atom stereocenters. The number of aryl methyl sites for hydroxylation is 2. The summed E-state index contributed by atoms with van der Waals surface area (Å²) in [6, 6.07) is 0. The molecule has 1 aliphatic rings. The Bertz CT molecular complexity index is 271. The summed E-state index contributed by atoms with van der Waals surface area (Å²) in [6.07, 6.45) is 8.43. The Morgan fingerprint density at radius 1 is 1.42 bits per heavy atom. The predicted molar refractivity (Wildman–Crippen MR) is 52.0 cm³/mol. The van der Waals surface area contributed by atoms with Crippen LogP contribution in [0.4, 0.5) is 0 Å². The molecular formula is C10H16N2. The first-order valence-corrected chi connectivity index (χ1v) is 4.57. The van der Waals surface area contributed by atoms with E-state index in [1.54, 1.807) is 0 Å². The van der Waals surface area contributed by atoms with Crippen LogP contribution in [0.25, 0.3) is 6.20 Å². The maximum absolute atomic E-state index is 4.27. The van der Waals surface area contributed by atoms with Gasteiger partial charge in [-0.05, 0) is 13.3 Å². The average molecular weight is 164 g/mol. The molecule has 2 nitrogen and oxygen atoms in total. The van der Waals surface area contributed by atoms with Gasteiger partial charge >= 0.3 is 0 Å². The largest absolute Gasteiger partial charge is 0.308 e. The van der Waals surface area contributed by atoms with Crippen LogP contribution in [0.5, 0.6) is 0 Å². The Morgan fingerprint density at radius 2 is 2.17 bits per heavy atom. The van der Waals surface area contributed by atoms with E-state index < -0.39 is 0 Å². The summed E-state index contributed by atoms with van der Waals surface area (Å²) < 4.78 is 2.14. The van der Waals surface area contributed by atoms with Crippen LogP contribution in [-0.4, -0.2) is 9.55 Å². The van der Waals surface area contributed by atoms with Crippen LogP contribution in [0, 0.1) is 6.92 Å². The van der Waals surface area contributed by atoms with Crippen LogP contribution in [0.15, 0.2) is 12.3 Å². The number of rotatable bonds is 0. The quantitative estimate of drug-likeness (QED) is 0.576. The highest BCUT2D eigenvalue weighted by molar-refractivity contribution is 5.31. The molecule has 1 aromatic heterocycles. The summed E-state index contributed by atoms with van der Waals surface area (Å²) >= 11 is 0. The maximum atomic E-state index is 4.27. The Morgan fingerprint density at radius 3 is 2.83 bits per heavy atom. The summed E-state index contributed by atoms with van der Waals surface area (Å²) in [4.78, 5) is 4.27. The number of imidazole rings is 1. The first-order valence-electron chi connectivity index (χ1n) is 4.57. The molecule has 0 spiro atoms. The Balaban J connectivity index is 0.000000336. The van der Waals surface area contributed by atoms with Gasteiger partial charge in [0, 0.05) is 24.5 Å². The van der Waals surface area contributed by atoms with Crippen molar-refractivity contribution in [3.8, 4) is 0 Å². The van der Waals surface area contributed by atoms with Crippen LogP contribution in [0.2, 0.25) is 0 Å². The van der Waals surface area contributed by atoms with Gasteiger partial charge in [-0.15, -0.1) is 0 Å². The van der Waals surface area contributed by atoms with Crippen molar-refractivity contribution in [1.29, 1.82) is 0 Å². The van der Waals surface area contributed by atoms with Gasteiger partial charge in [-0.2, -0.15) is 0 Å². The van der Waals surface area contributed by atoms with Gasteiger partial charge in [0.15, 0.2) is 0 Å². The molecular weight excluding hydrogens is 148 g/mol. The Kier molecular flexibility index (Phi) is 3.09. The maximum Gasteiger partial charge on any atom is 0.113 e. The molecule has 2 rings (SSSR count). The average Bonchev–Trinajstić information content (AvgIpc) is 2.53. The van der Waals surface area contributed by atoms with E-state index in [0.29, 0.717) is 0 Å². The molecule has 0 radical (unpaired) electrons. The van der Waals surface area contributed by atoms with Crippen LogP contribution < -0.4 is 0 Å². The summed E-state index contributed by atoms with van der Waals surface area (Å²) in [5.41, 5.74) is 1.23. The lowest BCUT2D eigenvalue weighted by molar-refractivity contribution is 0.827. The highest BCUT2D eigenvalue weighted by Gasteiger charge is 2.05. The van der Waals surface area contributed by atoms with Gasteiger partial charge < -0.3 is 4.57 Å². The van der Waals surface area contributed by atoms with Crippen molar-refractivity contribution in [3.63, 3.8) is 0 Å². The smallest absolute Gasteiger partial charge is 0.113 e. The summed E-state index contributed by atoms with van der Waals surface area (Å²) in [6.45, 7) is 6.08. The molecule has 2 heteroatoms. The zero-order chi connectivity index (χ0) is 8.97. The minimum Gasteiger partial charge on any atom is -0.308 e. The molecule has 0 saturated carbocycles. The molecule has 0 aromatic carbocycles. The third-order valence-corrected chi connectivity index (χ3v) is 1.85. The van der Waals surface area contributed by atoms with Gasteiger partial charge in [-0.1, -0.05) is 19.9 Å². The molecule has 66 valence electrons. The number of allylic oxidation sites excluding steroid dienone is 1. The van der Waals surface area contributed by atoms with Crippen molar-refractivity contribution in [1.82, 2.24) is 9.55 Å². The lowest BCUT2D eigenvalue weighted by Gasteiger charge is -2.07. The third-order valence-electron chi connectivity index (χ3n) is 1.85. The second kappa shape index (κ2) is 4.10. The van der Waals surface area contributed by atoms with E-state index in [0.717, 1.165) is 12.8 Å². The van der Waals surface area contributed by atoms with Crippen molar-refractivity contribution in [2.24, 2.45) is 0 Å². The molecule has 1 aliphatic heterocycles. The molecule has 2 heterocycles. The molecule has 0 amide bonds. The van der Waals surface area contributed by atoms with Crippen LogP contribution >= 0.6 is 0 Å². The third kappa shape index (κ3) is 1.58. The van der Waals surface area contributed by atoms with E-state index in [-0.39, 0.29) is 0 Å². The molecule has 0 N–H and O–H groups in total. The molecule has 0 fully saturated rings. The first kappa shape index (κ1) is 9.04. The molecule has 0 saturated heterocycles. The van der Waals surface area contributed by atoms with Gasteiger partial charge in [-0.25, -0.2) is 4.98 Å². The summed E-state index contributed by atoms with van der Waals surface area (Å²) in [5.74, 6) is 1.19.